The van der Waals surface area contributed by atoms with Gasteiger partial charge >= 0.3 is 0 Å². The molecule has 1 aliphatic rings. The first-order valence-electron chi connectivity index (χ1n) is 9.35. The van der Waals surface area contributed by atoms with Crippen molar-refractivity contribution in [2.45, 2.75) is 43.9 Å². The van der Waals surface area contributed by atoms with E-state index >= 15 is 0 Å². The van der Waals surface area contributed by atoms with E-state index in [2.05, 4.69) is 0 Å². The fraction of sp³-hybridized carbons (Fsp3) is 0.429. The number of aliphatic hydroxyl groups excluding tert-OH is 4. The van der Waals surface area contributed by atoms with Gasteiger partial charge in [-0.05, 0) is 48.2 Å². The highest BCUT2D eigenvalue weighted by Gasteiger charge is 2.43. The van der Waals surface area contributed by atoms with Crippen LogP contribution in [0.25, 0.3) is 0 Å². The van der Waals surface area contributed by atoms with E-state index in [1.807, 2.05) is 37.3 Å². The van der Waals surface area contributed by atoms with Crippen LogP contribution in [-0.4, -0.2) is 58.1 Å². The molecule has 1 heterocycles. The number of hydrogen-bond donors (Lipinski definition) is 5. The van der Waals surface area contributed by atoms with Crippen molar-refractivity contribution in [3.63, 3.8) is 0 Å². The Morgan fingerprint density at radius 2 is 1.71 bits per heavy atom. The third-order valence-corrected chi connectivity index (χ3v) is 5.02. The third kappa shape index (κ3) is 4.29. The van der Waals surface area contributed by atoms with Crippen molar-refractivity contribution in [2.75, 3.05) is 18.9 Å². The highest BCUT2D eigenvalue weighted by Crippen LogP contribution is 2.34. The monoisotopic (exact) mass is 389 g/mol. The zero-order valence-corrected chi connectivity index (χ0v) is 15.7. The van der Waals surface area contributed by atoms with Gasteiger partial charge in [0.15, 0.2) is 0 Å². The molecule has 1 aliphatic heterocycles. The molecule has 2 aromatic rings. The summed E-state index contributed by atoms with van der Waals surface area (Å²) in [6.07, 6.45) is -5.37. The van der Waals surface area contributed by atoms with Gasteiger partial charge in [-0.15, -0.1) is 0 Å². The second-order valence-electron chi connectivity index (χ2n) is 6.96. The minimum atomic E-state index is -1.41. The lowest BCUT2D eigenvalue weighted by Gasteiger charge is -2.40. The van der Waals surface area contributed by atoms with Crippen molar-refractivity contribution in [3.05, 3.63) is 59.2 Å². The summed E-state index contributed by atoms with van der Waals surface area (Å²) < 4.78 is 11.1. The molecule has 6 N–H and O–H groups in total. The minimum absolute atomic E-state index is 0.463. The van der Waals surface area contributed by atoms with Crippen molar-refractivity contribution < 1.29 is 29.9 Å². The second-order valence-corrected chi connectivity index (χ2v) is 6.96. The molecule has 0 saturated carbocycles. The Hall–Kier alpha value is -2.16. The zero-order valence-electron chi connectivity index (χ0n) is 15.7. The van der Waals surface area contributed by atoms with Gasteiger partial charge in [-0.2, -0.15) is 0 Å². The molecule has 0 aliphatic carbocycles. The van der Waals surface area contributed by atoms with E-state index in [9.17, 15) is 20.4 Å². The molecule has 7 nitrogen and oxygen atoms in total. The molecular weight excluding hydrogens is 362 g/mol. The van der Waals surface area contributed by atoms with Crippen molar-refractivity contribution in [1.29, 1.82) is 0 Å². The molecule has 2 aromatic carbocycles. The van der Waals surface area contributed by atoms with Gasteiger partial charge in [0.05, 0.1) is 13.2 Å². The summed E-state index contributed by atoms with van der Waals surface area (Å²) in [5.74, 6) is 0.800. The summed E-state index contributed by atoms with van der Waals surface area (Å²) in [4.78, 5) is 0. The predicted molar refractivity (Wildman–Crippen MR) is 104 cm³/mol. The van der Waals surface area contributed by atoms with E-state index in [1.165, 1.54) is 0 Å². The Bertz CT molecular complexity index is 779. The van der Waals surface area contributed by atoms with E-state index in [4.69, 9.17) is 15.2 Å². The number of anilines is 1. The van der Waals surface area contributed by atoms with Crippen LogP contribution in [0.1, 0.15) is 29.7 Å². The topological polar surface area (TPSA) is 125 Å². The standard InChI is InChI=1S/C21H27NO6/c1-2-27-15-6-3-12(4-7-15)9-14-10-13(5-8-16(14)22)21-20(26)19(25)18(24)17(11-23)28-21/h3-8,10,17-21,23-26H,2,9,11,22H2,1H3/t17-,18-,19+,20-,21+/m1/s1. The number of benzene rings is 2. The van der Waals surface area contributed by atoms with E-state index in [0.29, 0.717) is 24.3 Å². The molecule has 0 radical (unpaired) electrons. The molecule has 3 rings (SSSR count). The highest BCUT2D eigenvalue weighted by molar-refractivity contribution is 5.51. The molecule has 0 aromatic heterocycles. The van der Waals surface area contributed by atoms with Gasteiger partial charge in [0.25, 0.3) is 0 Å². The number of nitrogens with two attached hydrogens (primary N) is 1. The maximum atomic E-state index is 10.3. The average molecular weight is 389 g/mol. The van der Waals surface area contributed by atoms with E-state index in [1.54, 1.807) is 12.1 Å². The van der Waals surface area contributed by atoms with Crippen molar-refractivity contribution in [1.82, 2.24) is 0 Å². The smallest absolute Gasteiger partial charge is 0.119 e. The Labute approximate surface area is 164 Å². The molecule has 7 heteroatoms. The van der Waals surface area contributed by atoms with E-state index in [-0.39, 0.29) is 0 Å². The summed E-state index contributed by atoms with van der Waals surface area (Å²) in [5.41, 5.74) is 9.23. The number of nitrogen functional groups attached to an aromatic ring is 1. The Balaban J connectivity index is 1.82. The van der Waals surface area contributed by atoms with E-state index < -0.39 is 37.1 Å². The molecule has 1 saturated heterocycles. The Kier molecular flexibility index (Phi) is 6.53. The van der Waals surface area contributed by atoms with E-state index in [0.717, 1.165) is 16.9 Å². The van der Waals surface area contributed by atoms with Gasteiger partial charge in [-0.1, -0.05) is 24.3 Å². The zero-order chi connectivity index (χ0) is 20.3. The normalized spacial score (nSPS) is 27.5. The maximum Gasteiger partial charge on any atom is 0.119 e. The molecule has 0 unspecified atom stereocenters. The van der Waals surface area contributed by atoms with Crippen LogP contribution in [0.15, 0.2) is 42.5 Å². The third-order valence-electron chi connectivity index (χ3n) is 5.02. The number of rotatable bonds is 6. The van der Waals surface area contributed by atoms with Crippen LogP contribution in [0.4, 0.5) is 5.69 Å². The first-order valence-corrected chi connectivity index (χ1v) is 9.35. The predicted octanol–water partition coefficient (Wildman–Crippen LogP) is 0.773. The number of hydrogen-bond acceptors (Lipinski definition) is 7. The van der Waals surface area contributed by atoms with Crippen LogP contribution in [0.3, 0.4) is 0 Å². The second kappa shape index (κ2) is 8.89. The van der Waals surface area contributed by atoms with Crippen LogP contribution in [0.2, 0.25) is 0 Å². The quantitative estimate of drug-likeness (QED) is 0.462. The van der Waals surface area contributed by atoms with Gasteiger partial charge in [0, 0.05) is 5.69 Å². The largest absolute Gasteiger partial charge is 0.494 e. The number of ether oxygens (including phenoxy) is 2. The molecular formula is C21H27NO6. The molecule has 28 heavy (non-hydrogen) atoms. The first kappa shape index (κ1) is 20.6. The van der Waals surface area contributed by atoms with Crippen LogP contribution in [0, 0.1) is 0 Å². The van der Waals surface area contributed by atoms with Crippen LogP contribution < -0.4 is 10.5 Å². The highest BCUT2D eigenvalue weighted by atomic mass is 16.5. The summed E-state index contributed by atoms with van der Waals surface area (Å²) in [6.45, 7) is 2.07. The Morgan fingerprint density at radius 3 is 2.36 bits per heavy atom. The van der Waals surface area contributed by atoms with Crippen molar-refractivity contribution in [2.24, 2.45) is 0 Å². The Morgan fingerprint density at radius 1 is 1.00 bits per heavy atom. The van der Waals surface area contributed by atoms with Crippen LogP contribution >= 0.6 is 0 Å². The van der Waals surface area contributed by atoms with Gasteiger partial charge in [0.2, 0.25) is 0 Å². The van der Waals surface area contributed by atoms with Crippen molar-refractivity contribution in [3.8, 4) is 5.75 Å². The average Bonchev–Trinajstić information content (AvgIpc) is 2.70. The molecule has 152 valence electrons. The summed E-state index contributed by atoms with van der Waals surface area (Å²) in [6, 6.07) is 13.0. The lowest BCUT2D eigenvalue weighted by atomic mass is 9.89. The molecule has 0 amide bonds. The van der Waals surface area contributed by atoms with Crippen molar-refractivity contribution >= 4 is 5.69 Å². The lowest BCUT2D eigenvalue weighted by Crippen LogP contribution is -2.55. The van der Waals surface area contributed by atoms with Crippen LogP contribution in [-0.2, 0) is 11.2 Å². The van der Waals surface area contributed by atoms with Gasteiger partial charge in [-0.3, -0.25) is 0 Å². The van der Waals surface area contributed by atoms with Gasteiger partial charge < -0.3 is 35.6 Å². The molecule has 0 bridgehead atoms. The molecule has 1 fully saturated rings. The SMILES string of the molecule is CCOc1ccc(Cc2cc([C@@H]3O[C@H](CO)[C@@H](O)[C@H](O)[C@H]3O)ccc2N)cc1. The summed E-state index contributed by atoms with van der Waals surface area (Å²) in [5, 5.41) is 39.7. The lowest BCUT2D eigenvalue weighted by molar-refractivity contribution is -0.231. The fourth-order valence-electron chi connectivity index (χ4n) is 3.42. The summed E-state index contributed by atoms with van der Waals surface area (Å²) in [7, 11) is 0. The summed E-state index contributed by atoms with van der Waals surface area (Å²) >= 11 is 0. The first-order chi connectivity index (χ1) is 13.4. The fourth-order valence-corrected chi connectivity index (χ4v) is 3.42. The minimum Gasteiger partial charge on any atom is -0.494 e. The number of aliphatic hydroxyl groups is 4. The maximum absolute atomic E-state index is 10.3. The molecule has 5 atom stereocenters. The molecule has 0 spiro atoms. The van der Waals surface area contributed by atoms with Crippen LogP contribution in [0.5, 0.6) is 5.75 Å². The van der Waals surface area contributed by atoms with Gasteiger partial charge in [-0.25, -0.2) is 0 Å². The van der Waals surface area contributed by atoms with Gasteiger partial charge in [0.1, 0.15) is 36.3 Å².